The first-order chi connectivity index (χ1) is 18.0. The van der Waals surface area contributed by atoms with E-state index in [0.717, 1.165) is 45.4 Å². The van der Waals surface area contributed by atoms with Gasteiger partial charge < -0.3 is 4.57 Å². The smallest absolute Gasteiger partial charge is 0.252 e. The summed E-state index contributed by atoms with van der Waals surface area (Å²) in [5, 5.41) is 5.07. The molecule has 0 amide bonds. The molecule has 0 saturated heterocycles. The van der Waals surface area contributed by atoms with Crippen LogP contribution in [0.5, 0.6) is 0 Å². The zero-order chi connectivity index (χ0) is 25.5. The molecule has 7 heteroatoms. The van der Waals surface area contributed by atoms with Crippen molar-refractivity contribution in [2.75, 3.05) is 0 Å². The molecule has 0 spiro atoms. The van der Waals surface area contributed by atoms with Gasteiger partial charge in [0, 0.05) is 53.3 Å². The van der Waals surface area contributed by atoms with Gasteiger partial charge in [-0.25, -0.2) is 9.97 Å². The lowest BCUT2D eigenvalue weighted by Gasteiger charge is -2.19. The molecule has 5 nitrogen and oxygen atoms in total. The first-order valence-corrected chi connectivity index (χ1v) is 14.1. The minimum absolute atomic E-state index is 0.0318. The van der Waals surface area contributed by atoms with E-state index in [1.807, 2.05) is 66.7 Å². The lowest BCUT2D eigenvalue weighted by atomic mass is 10.0. The normalized spacial score (nSPS) is 13.2. The lowest BCUT2D eigenvalue weighted by molar-refractivity contribution is 0.622. The van der Waals surface area contributed by atoms with E-state index in [9.17, 15) is 4.79 Å². The summed E-state index contributed by atoms with van der Waals surface area (Å²) in [7, 11) is 0.560. The van der Waals surface area contributed by atoms with Crippen molar-refractivity contribution in [2.24, 2.45) is 13.0 Å². The van der Waals surface area contributed by atoms with Gasteiger partial charge in [-0.2, -0.15) is 0 Å². The molecule has 6 rings (SSSR count). The van der Waals surface area contributed by atoms with Crippen molar-refractivity contribution in [3.05, 3.63) is 100 Å². The number of aryl methyl sites for hydroxylation is 1. The Hall–Kier alpha value is -3.92. The number of benzene rings is 2. The molecule has 0 unspecified atom stereocenters. The zero-order valence-corrected chi connectivity index (χ0v) is 22.1. The Morgan fingerprint density at radius 1 is 1.08 bits per heavy atom. The average Bonchev–Trinajstić information content (AvgIpc) is 3.65. The Balaban J connectivity index is 1.61. The number of rotatable bonds is 6. The van der Waals surface area contributed by atoms with Crippen LogP contribution >= 0.6 is 11.6 Å². The number of hydrogen-bond donors (Lipinski definition) is 0. The molecule has 0 bridgehead atoms. The van der Waals surface area contributed by atoms with Gasteiger partial charge in [0.1, 0.15) is 5.65 Å². The molecule has 3 heterocycles. The molecular formula is C30H24ClN4OSi. The topological polar surface area (TPSA) is 52.7 Å². The summed E-state index contributed by atoms with van der Waals surface area (Å²) in [5.41, 5.74) is 3.22. The van der Waals surface area contributed by atoms with E-state index < -0.39 is 8.80 Å². The number of nitrogens with zero attached hydrogens (tertiary/aromatic N) is 4. The van der Waals surface area contributed by atoms with Crippen LogP contribution in [0.25, 0.3) is 22.2 Å². The minimum atomic E-state index is -1.46. The molecule has 181 valence electrons. The van der Waals surface area contributed by atoms with Crippen LogP contribution in [-0.2, 0) is 13.6 Å². The van der Waals surface area contributed by atoms with Crippen molar-refractivity contribution < 1.29 is 0 Å². The second-order valence-electron chi connectivity index (χ2n) is 9.54. The van der Waals surface area contributed by atoms with Crippen LogP contribution in [0.3, 0.4) is 0 Å². The Morgan fingerprint density at radius 3 is 2.59 bits per heavy atom. The monoisotopic (exact) mass is 519 g/mol. The molecule has 1 aliphatic carbocycles. The molecule has 1 saturated carbocycles. The van der Waals surface area contributed by atoms with Crippen molar-refractivity contribution >= 4 is 47.1 Å². The number of aromatic nitrogens is 4. The van der Waals surface area contributed by atoms with Gasteiger partial charge in [-0.3, -0.25) is 9.36 Å². The molecule has 1 aliphatic rings. The van der Waals surface area contributed by atoms with Crippen LogP contribution in [0.15, 0.2) is 84.2 Å². The van der Waals surface area contributed by atoms with E-state index >= 15 is 0 Å². The number of pyridine rings is 2. The molecule has 1 fully saturated rings. The quantitative estimate of drug-likeness (QED) is 0.255. The van der Waals surface area contributed by atoms with Gasteiger partial charge in [0.15, 0.2) is 8.80 Å². The lowest BCUT2D eigenvalue weighted by Crippen LogP contribution is -2.54. The Bertz CT molecular complexity index is 1730. The van der Waals surface area contributed by atoms with E-state index in [4.69, 9.17) is 23.0 Å². The highest BCUT2D eigenvalue weighted by atomic mass is 35.5. The number of hydrogen-bond acceptors (Lipinski definition) is 3. The van der Waals surface area contributed by atoms with Crippen molar-refractivity contribution in [1.29, 1.82) is 0 Å². The number of terminal acetylenes is 1. The Kier molecular flexibility index (Phi) is 6.03. The first kappa shape index (κ1) is 23.5. The van der Waals surface area contributed by atoms with Crippen LogP contribution in [0.4, 0.5) is 0 Å². The molecule has 0 atom stereocenters. The predicted octanol–water partition coefficient (Wildman–Crippen LogP) is 3.36. The first-order valence-electron chi connectivity index (χ1n) is 12.2. The summed E-state index contributed by atoms with van der Waals surface area (Å²) in [6, 6.07) is 19.8. The average molecular weight is 520 g/mol. The Morgan fingerprint density at radius 2 is 1.89 bits per heavy atom. The standard InChI is InChI=1S/C30H24ClN4OSi/c1-3-20-5-4-6-22(13-20)26-15-28(36)35(18-21-7-8-21)30-27(26)14-25(16-33-30)37(29-17-32-19-34(29)2)24-11-9-23(31)10-12-24/h1,4-6,9-17,19,21H,7-8,18H2,2H3. The third-order valence-corrected chi connectivity index (χ3v) is 9.93. The van der Waals surface area contributed by atoms with Gasteiger partial charge in [-0.05, 0) is 70.6 Å². The SMILES string of the molecule is C#Cc1cccc(-c2cc(=O)n(CC3CC3)c3ncc([Si](c4ccc(Cl)cc4)c4cncn4C)cc23)c1. The van der Waals surface area contributed by atoms with Crippen LogP contribution < -0.4 is 21.2 Å². The van der Waals surface area contributed by atoms with Gasteiger partial charge in [0.05, 0.1) is 6.33 Å². The highest BCUT2D eigenvalue weighted by molar-refractivity contribution is 6.95. The summed E-state index contributed by atoms with van der Waals surface area (Å²) in [5.74, 6) is 3.25. The summed E-state index contributed by atoms with van der Waals surface area (Å²) < 4.78 is 3.91. The largest absolute Gasteiger partial charge is 0.341 e. The van der Waals surface area contributed by atoms with E-state index in [-0.39, 0.29) is 5.56 Å². The van der Waals surface area contributed by atoms with E-state index in [1.165, 1.54) is 5.19 Å². The van der Waals surface area contributed by atoms with Crippen molar-refractivity contribution in [3.8, 4) is 23.5 Å². The van der Waals surface area contributed by atoms with Gasteiger partial charge in [0.2, 0.25) is 0 Å². The molecular weight excluding hydrogens is 496 g/mol. The zero-order valence-electron chi connectivity index (χ0n) is 20.4. The van der Waals surface area contributed by atoms with E-state index in [0.29, 0.717) is 23.1 Å². The van der Waals surface area contributed by atoms with Crippen LogP contribution in [-0.4, -0.2) is 27.9 Å². The number of fused-ring (bicyclic) bond motifs is 1. The fraction of sp³-hybridized carbons (Fsp3) is 0.167. The maximum Gasteiger partial charge on any atom is 0.252 e. The molecule has 2 aromatic carbocycles. The third-order valence-electron chi connectivity index (χ3n) is 6.92. The van der Waals surface area contributed by atoms with Gasteiger partial charge in [-0.1, -0.05) is 41.8 Å². The van der Waals surface area contributed by atoms with Gasteiger partial charge >= 0.3 is 0 Å². The molecule has 0 N–H and O–H groups in total. The number of imidazole rings is 1. The highest BCUT2D eigenvalue weighted by Gasteiger charge is 2.27. The second kappa shape index (κ2) is 9.51. The predicted molar refractivity (Wildman–Crippen MR) is 151 cm³/mol. The highest BCUT2D eigenvalue weighted by Crippen LogP contribution is 2.32. The van der Waals surface area contributed by atoms with Crippen LogP contribution in [0, 0.1) is 18.3 Å². The molecule has 0 aliphatic heterocycles. The van der Waals surface area contributed by atoms with E-state index in [2.05, 4.69) is 33.7 Å². The maximum absolute atomic E-state index is 13.3. The summed E-state index contributed by atoms with van der Waals surface area (Å²) in [6.07, 6.45) is 13.7. The second-order valence-corrected chi connectivity index (χ2v) is 12.4. The Labute approximate surface area is 222 Å². The molecule has 3 aromatic heterocycles. The molecule has 1 radical (unpaired) electrons. The number of halogens is 1. The van der Waals surface area contributed by atoms with Gasteiger partial charge in [-0.15, -0.1) is 6.42 Å². The van der Waals surface area contributed by atoms with Crippen molar-refractivity contribution in [1.82, 2.24) is 19.1 Å². The van der Waals surface area contributed by atoms with Crippen molar-refractivity contribution in [3.63, 3.8) is 0 Å². The van der Waals surface area contributed by atoms with Crippen LogP contribution in [0.1, 0.15) is 18.4 Å². The molecule has 37 heavy (non-hydrogen) atoms. The minimum Gasteiger partial charge on any atom is -0.341 e. The summed E-state index contributed by atoms with van der Waals surface area (Å²) >= 11 is 6.22. The fourth-order valence-corrected chi connectivity index (χ4v) is 7.47. The molecule has 5 aromatic rings. The summed E-state index contributed by atoms with van der Waals surface area (Å²) in [6.45, 7) is 0.697. The van der Waals surface area contributed by atoms with Gasteiger partial charge in [0.25, 0.3) is 5.56 Å². The summed E-state index contributed by atoms with van der Waals surface area (Å²) in [4.78, 5) is 22.7. The maximum atomic E-state index is 13.3. The van der Waals surface area contributed by atoms with Crippen LogP contribution in [0.2, 0.25) is 5.02 Å². The third kappa shape index (κ3) is 4.53. The van der Waals surface area contributed by atoms with E-state index in [1.54, 1.807) is 6.07 Å². The van der Waals surface area contributed by atoms with Crippen molar-refractivity contribution in [2.45, 2.75) is 19.4 Å². The fourth-order valence-electron chi connectivity index (χ4n) is 4.82.